The third-order valence-electron chi connectivity index (χ3n) is 2.53. The normalized spacial score (nSPS) is 11.9. The van der Waals surface area contributed by atoms with Gasteiger partial charge in [-0.2, -0.15) is 0 Å². The van der Waals surface area contributed by atoms with Crippen LogP contribution in [0.4, 0.5) is 0 Å². The monoisotopic (exact) mass is 272 g/mol. The second-order valence-electron chi connectivity index (χ2n) is 3.71. The summed E-state index contributed by atoms with van der Waals surface area (Å²) in [5, 5.41) is 0.580. The van der Waals surface area contributed by atoms with Crippen molar-refractivity contribution in [2.45, 2.75) is 18.7 Å². The first kappa shape index (κ1) is 12.1. The standard InChI is InChI=1S/C11H9ClO4S/c1-6-8-5-10(7(2)13)16-9(8)3-4-11(6)17(12,14)15/h3-5H,1-2H3. The van der Waals surface area contributed by atoms with Crippen LogP contribution < -0.4 is 0 Å². The number of carbonyl (C=O) groups excluding carboxylic acids is 1. The Kier molecular flexibility index (Phi) is 2.75. The summed E-state index contributed by atoms with van der Waals surface area (Å²) < 4.78 is 27.9. The zero-order chi connectivity index (χ0) is 12.8. The van der Waals surface area contributed by atoms with Gasteiger partial charge in [0.1, 0.15) is 5.58 Å². The number of fused-ring (bicyclic) bond motifs is 1. The maximum Gasteiger partial charge on any atom is 0.261 e. The van der Waals surface area contributed by atoms with Gasteiger partial charge in [-0.15, -0.1) is 0 Å². The third kappa shape index (κ3) is 2.08. The molecule has 0 aliphatic rings. The third-order valence-corrected chi connectivity index (χ3v) is 4.00. The van der Waals surface area contributed by atoms with E-state index in [0.717, 1.165) is 0 Å². The molecule has 2 rings (SSSR count). The molecule has 0 bridgehead atoms. The summed E-state index contributed by atoms with van der Waals surface area (Å²) in [7, 11) is 1.52. The van der Waals surface area contributed by atoms with E-state index in [9.17, 15) is 13.2 Å². The van der Waals surface area contributed by atoms with Gasteiger partial charge >= 0.3 is 0 Å². The highest BCUT2D eigenvalue weighted by molar-refractivity contribution is 8.13. The van der Waals surface area contributed by atoms with Gasteiger partial charge in [-0.05, 0) is 30.7 Å². The number of hydrogen-bond donors (Lipinski definition) is 0. The van der Waals surface area contributed by atoms with Crippen LogP contribution in [0.2, 0.25) is 0 Å². The molecule has 0 aliphatic heterocycles. The van der Waals surface area contributed by atoms with Gasteiger partial charge in [0.15, 0.2) is 11.5 Å². The number of halogens is 1. The van der Waals surface area contributed by atoms with Crippen molar-refractivity contribution in [3.05, 3.63) is 29.5 Å². The average molecular weight is 273 g/mol. The second-order valence-corrected chi connectivity index (χ2v) is 6.24. The van der Waals surface area contributed by atoms with Crippen molar-refractivity contribution in [2.75, 3.05) is 0 Å². The quantitative estimate of drug-likeness (QED) is 0.623. The SMILES string of the molecule is CC(=O)c1cc2c(C)c(S(=O)(=O)Cl)ccc2o1. The number of Topliss-reactive ketones (excluding diaryl/α,β-unsaturated/α-hetero) is 1. The lowest BCUT2D eigenvalue weighted by molar-refractivity contribution is 0.0989. The Labute approximate surface area is 103 Å². The fourth-order valence-electron chi connectivity index (χ4n) is 1.67. The molecule has 0 aliphatic carbocycles. The molecule has 1 aromatic carbocycles. The van der Waals surface area contributed by atoms with E-state index >= 15 is 0 Å². The zero-order valence-electron chi connectivity index (χ0n) is 9.15. The summed E-state index contributed by atoms with van der Waals surface area (Å²) in [6.07, 6.45) is 0. The molecule has 0 saturated carbocycles. The Balaban J connectivity index is 2.80. The Morgan fingerprint density at radius 3 is 2.53 bits per heavy atom. The van der Waals surface area contributed by atoms with Gasteiger partial charge in [0.25, 0.3) is 9.05 Å². The summed E-state index contributed by atoms with van der Waals surface area (Å²) >= 11 is 0. The first-order valence-corrected chi connectivity index (χ1v) is 7.10. The number of ketones is 1. The Bertz CT molecular complexity index is 712. The maximum absolute atomic E-state index is 11.3. The van der Waals surface area contributed by atoms with E-state index in [1.807, 2.05) is 0 Å². The minimum Gasteiger partial charge on any atom is -0.453 e. The van der Waals surface area contributed by atoms with E-state index in [2.05, 4.69) is 0 Å². The van der Waals surface area contributed by atoms with Crippen LogP contribution in [0.15, 0.2) is 27.5 Å². The van der Waals surface area contributed by atoms with E-state index < -0.39 is 9.05 Å². The van der Waals surface area contributed by atoms with Crippen LogP contribution in [0, 0.1) is 6.92 Å². The lowest BCUT2D eigenvalue weighted by Crippen LogP contribution is -1.94. The zero-order valence-corrected chi connectivity index (χ0v) is 10.7. The summed E-state index contributed by atoms with van der Waals surface area (Å²) in [6, 6.07) is 4.38. The fraction of sp³-hybridized carbons (Fsp3) is 0.182. The molecule has 0 radical (unpaired) electrons. The predicted molar refractivity (Wildman–Crippen MR) is 64.0 cm³/mol. The van der Waals surface area contributed by atoms with Crippen molar-refractivity contribution in [3.8, 4) is 0 Å². The lowest BCUT2D eigenvalue weighted by Gasteiger charge is -2.01. The molecule has 4 nitrogen and oxygen atoms in total. The minimum absolute atomic E-state index is 0.0302. The maximum atomic E-state index is 11.3. The molecule has 17 heavy (non-hydrogen) atoms. The topological polar surface area (TPSA) is 64.3 Å². The van der Waals surface area contributed by atoms with Gasteiger partial charge in [-0.25, -0.2) is 8.42 Å². The van der Waals surface area contributed by atoms with Crippen molar-refractivity contribution < 1.29 is 17.6 Å². The molecule has 0 N–H and O–H groups in total. The van der Waals surface area contributed by atoms with Crippen LogP contribution in [0.5, 0.6) is 0 Å². The minimum atomic E-state index is -3.79. The van der Waals surface area contributed by atoms with E-state index in [-0.39, 0.29) is 16.4 Å². The Hall–Kier alpha value is -1.33. The Morgan fingerprint density at radius 2 is 2.00 bits per heavy atom. The molecule has 90 valence electrons. The summed E-state index contributed by atoms with van der Waals surface area (Å²) in [6.45, 7) is 3.00. The van der Waals surface area contributed by atoms with Crippen LogP contribution in [-0.2, 0) is 9.05 Å². The highest BCUT2D eigenvalue weighted by atomic mass is 35.7. The predicted octanol–water partition coefficient (Wildman–Crippen LogP) is 2.87. The molecule has 0 spiro atoms. The summed E-state index contributed by atoms with van der Waals surface area (Å²) in [4.78, 5) is 11.2. The first-order chi connectivity index (χ1) is 7.80. The van der Waals surface area contributed by atoms with Crippen LogP contribution >= 0.6 is 10.7 Å². The second kappa shape index (κ2) is 3.85. The van der Waals surface area contributed by atoms with Crippen molar-refractivity contribution in [1.82, 2.24) is 0 Å². The molecule has 1 heterocycles. The molecule has 2 aromatic rings. The number of benzene rings is 1. The highest BCUT2D eigenvalue weighted by Gasteiger charge is 2.18. The summed E-state index contributed by atoms with van der Waals surface area (Å²) in [5.74, 6) is -0.0110. The molecule has 0 atom stereocenters. The van der Waals surface area contributed by atoms with Crippen molar-refractivity contribution in [1.29, 1.82) is 0 Å². The number of aryl methyl sites for hydroxylation is 1. The van der Waals surface area contributed by atoms with Crippen LogP contribution in [0.25, 0.3) is 11.0 Å². The smallest absolute Gasteiger partial charge is 0.261 e. The van der Waals surface area contributed by atoms with Gasteiger partial charge in [-0.1, -0.05) is 0 Å². The molecule has 0 amide bonds. The fourth-order valence-corrected chi connectivity index (χ4v) is 2.88. The molecule has 0 unspecified atom stereocenters. The highest BCUT2D eigenvalue weighted by Crippen LogP contribution is 2.29. The average Bonchev–Trinajstić information content (AvgIpc) is 2.60. The number of rotatable bonds is 2. The van der Waals surface area contributed by atoms with Crippen molar-refractivity contribution in [2.24, 2.45) is 0 Å². The van der Waals surface area contributed by atoms with Crippen LogP contribution in [-0.4, -0.2) is 14.2 Å². The number of hydrogen-bond acceptors (Lipinski definition) is 4. The number of furan rings is 1. The van der Waals surface area contributed by atoms with Gasteiger partial charge in [0, 0.05) is 23.0 Å². The van der Waals surface area contributed by atoms with E-state index in [4.69, 9.17) is 15.1 Å². The van der Waals surface area contributed by atoms with E-state index in [1.165, 1.54) is 25.1 Å². The lowest BCUT2D eigenvalue weighted by atomic mass is 10.1. The summed E-state index contributed by atoms with van der Waals surface area (Å²) in [5.41, 5.74) is 0.950. The van der Waals surface area contributed by atoms with Crippen LogP contribution in [0.1, 0.15) is 23.0 Å². The van der Waals surface area contributed by atoms with Gasteiger partial charge in [0.05, 0.1) is 4.90 Å². The molecular weight excluding hydrogens is 264 g/mol. The number of carbonyl (C=O) groups is 1. The van der Waals surface area contributed by atoms with Gasteiger partial charge in [0.2, 0.25) is 0 Å². The molecular formula is C11H9ClO4S. The first-order valence-electron chi connectivity index (χ1n) is 4.79. The van der Waals surface area contributed by atoms with E-state index in [1.54, 1.807) is 6.92 Å². The molecule has 0 saturated heterocycles. The molecule has 1 aromatic heterocycles. The van der Waals surface area contributed by atoms with Gasteiger partial charge in [-0.3, -0.25) is 4.79 Å². The largest absolute Gasteiger partial charge is 0.453 e. The van der Waals surface area contributed by atoms with Gasteiger partial charge < -0.3 is 4.42 Å². The van der Waals surface area contributed by atoms with E-state index in [0.29, 0.717) is 16.5 Å². The molecule has 6 heteroatoms. The van der Waals surface area contributed by atoms with Crippen molar-refractivity contribution in [3.63, 3.8) is 0 Å². The Morgan fingerprint density at radius 1 is 1.35 bits per heavy atom. The van der Waals surface area contributed by atoms with Crippen LogP contribution in [0.3, 0.4) is 0 Å². The molecule has 0 fully saturated rings. The van der Waals surface area contributed by atoms with Crippen molar-refractivity contribution >= 4 is 36.5 Å².